The van der Waals surface area contributed by atoms with Crippen LogP contribution in [0.1, 0.15) is 15.9 Å². The Balaban J connectivity index is 1.73. The van der Waals surface area contributed by atoms with Crippen molar-refractivity contribution >= 4 is 28.3 Å². The van der Waals surface area contributed by atoms with E-state index < -0.39 is 17.3 Å². The molecule has 2 N–H and O–H groups in total. The molecule has 1 amide bonds. The van der Waals surface area contributed by atoms with Crippen LogP contribution in [-0.2, 0) is 6.54 Å². The van der Waals surface area contributed by atoms with Crippen LogP contribution in [0.15, 0.2) is 88.1 Å². The predicted octanol–water partition coefficient (Wildman–Crippen LogP) is 4.80. The van der Waals surface area contributed by atoms with Gasteiger partial charge in [0, 0.05) is 17.5 Å². The SMILES string of the molecule is O=C(Nc1c(NCc2ccccc2)c2ccccc2oc1=O)c1ccc(F)cc1. The fourth-order valence-corrected chi connectivity index (χ4v) is 3.02. The second kappa shape index (κ2) is 7.98. The first-order valence-corrected chi connectivity index (χ1v) is 9.02. The third kappa shape index (κ3) is 4.01. The minimum Gasteiger partial charge on any atom is -0.421 e. The molecule has 0 radical (unpaired) electrons. The fourth-order valence-electron chi connectivity index (χ4n) is 3.02. The van der Waals surface area contributed by atoms with Crippen LogP contribution in [0.4, 0.5) is 15.8 Å². The summed E-state index contributed by atoms with van der Waals surface area (Å²) in [5, 5.41) is 6.52. The van der Waals surface area contributed by atoms with Crippen molar-refractivity contribution in [3.05, 3.63) is 106 Å². The van der Waals surface area contributed by atoms with Gasteiger partial charge >= 0.3 is 5.63 Å². The largest absolute Gasteiger partial charge is 0.421 e. The molecule has 0 saturated carbocycles. The topological polar surface area (TPSA) is 71.3 Å². The summed E-state index contributed by atoms with van der Waals surface area (Å²) in [6.07, 6.45) is 0. The van der Waals surface area contributed by atoms with Gasteiger partial charge in [-0.15, -0.1) is 0 Å². The second-order valence-corrected chi connectivity index (χ2v) is 6.44. The van der Waals surface area contributed by atoms with E-state index in [1.54, 1.807) is 18.2 Å². The summed E-state index contributed by atoms with van der Waals surface area (Å²) in [5.74, 6) is -0.979. The highest BCUT2D eigenvalue weighted by Gasteiger charge is 2.18. The number of carbonyl (C=O) groups is 1. The summed E-state index contributed by atoms with van der Waals surface area (Å²) in [5.41, 5.74) is 1.46. The number of halogens is 1. The van der Waals surface area contributed by atoms with Gasteiger partial charge in [0.05, 0.1) is 5.69 Å². The van der Waals surface area contributed by atoms with E-state index in [1.807, 2.05) is 36.4 Å². The average molecular weight is 388 g/mol. The molecule has 0 aliphatic rings. The molecular formula is C23H17FN2O3. The van der Waals surface area contributed by atoms with Gasteiger partial charge in [-0.25, -0.2) is 9.18 Å². The summed E-state index contributed by atoms with van der Waals surface area (Å²) in [6, 6.07) is 21.8. The van der Waals surface area contributed by atoms with Crippen molar-refractivity contribution in [2.45, 2.75) is 6.54 Å². The third-order valence-corrected chi connectivity index (χ3v) is 4.47. The quantitative estimate of drug-likeness (QED) is 0.482. The first kappa shape index (κ1) is 18.4. The maximum Gasteiger partial charge on any atom is 0.362 e. The Morgan fingerprint density at radius 3 is 2.31 bits per heavy atom. The maximum atomic E-state index is 13.1. The summed E-state index contributed by atoms with van der Waals surface area (Å²) in [6.45, 7) is 0.452. The predicted molar refractivity (Wildman–Crippen MR) is 111 cm³/mol. The molecule has 0 saturated heterocycles. The molecule has 4 rings (SSSR count). The van der Waals surface area contributed by atoms with Gasteiger partial charge in [-0.3, -0.25) is 4.79 Å². The Kier molecular flexibility index (Phi) is 5.07. The minimum absolute atomic E-state index is 0.00829. The molecule has 5 nitrogen and oxygen atoms in total. The number of fused-ring (bicyclic) bond motifs is 1. The maximum absolute atomic E-state index is 13.1. The number of benzene rings is 3. The van der Waals surface area contributed by atoms with E-state index >= 15 is 0 Å². The first-order chi connectivity index (χ1) is 14.1. The highest BCUT2D eigenvalue weighted by molar-refractivity contribution is 6.08. The number of amides is 1. The lowest BCUT2D eigenvalue weighted by atomic mass is 10.1. The number of carbonyl (C=O) groups excluding carboxylic acids is 1. The van der Waals surface area contributed by atoms with Crippen LogP contribution >= 0.6 is 0 Å². The van der Waals surface area contributed by atoms with Gasteiger partial charge in [0.1, 0.15) is 11.4 Å². The Labute approximate surface area is 165 Å². The normalized spacial score (nSPS) is 10.7. The van der Waals surface area contributed by atoms with E-state index in [1.165, 1.54) is 24.3 Å². The van der Waals surface area contributed by atoms with Gasteiger partial charge < -0.3 is 15.1 Å². The zero-order valence-corrected chi connectivity index (χ0v) is 15.3. The molecule has 0 bridgehead atoms. The zero-order chi connectivity index (χ0) is 20.2. The van der Waals surface area contributed by atoms with Gasteiger partial charge in [0.25, 0.3) is 5.91 Å². The van der Waals surface area contributed by atoms with E-state index in [9.17, 15) is 14.0 Å². The number of anilines is 2. The van der Waals surface area contributed by atoms with Crippen LogP contribution in [0.3, 0.4) is 0 Å². The fraction of sp³-hybridized carbons (Fsp3) is 0.0435. The highest BCUT2D eigenvalue weighted by Crippen LogP contribution is 2.29. The van der Waals surface area contributed by atoms with Crippen molar-refractivity contribution in [3.63, 3.8) is 0 Å². The molecule has 0 fully saturated rings. The Morgan fingerprint density at radius 2 is 1.55 bits per heavy atom. The third-order valence-electron chi connectivity index (χ3n) is 4.47. The molecule has 144 valence electrons. The Hall–Kier alpha value is -3.93. The molecule has 29 heavy (non-hydrogen) atoms. The van der Waals surface area contributed by atoms with Crippen LogP contribution in [0, 0.1) is 5.82 Å². The summed E-state index contributed by atoms with van der Waals surface area (Å²) in [7, 11) is 0. The van der Waals surface area contributed by atoms with Gasteiger partial charge in [-0.1, -0.05) is 42.5 Å². The van der Waals surface area contributed by atoms with Crippen molar-refractivity contribution in [1.82, 2.24) is 0 Å². The molecule has 3 aromatic carbocycles. The average Bonchev–Trinajstić information content (AvgIpc) is 2.74. The van der Waals surface area contributed by atoms with Gasteiger partial charge in [0.2, 0.25) is 0 Å². The molecule has 1 heterocycles. The number of nitrogens with one attached hydrogen (secondary N) is 2. The monoisotopic (exact) mass is 388 g/mol. The molecule has 0 atom stereocenters. The lowest BCUT2D eigenvalue weighted by Crippen LogP contribution is -2.20. The van der Waals surface area contributed by atoms with Crippen molar-refractivity contribution in [2.75, 3.05) is 10.6 Å². The molecule has 0 aliphatic heterocycles. The molecule has 0 unspecified atom stereocenters. The number of para-hydroxylation sites is 1. The smallest absolute Gasteiger partial charge is 0.362 e. The highest BCUT2D eigenvalue weighted by atomic mass is 19.1. The summed E-state index contributed by atoms with van der Waals surface area (Å²) in [4.78, 5) is 25.2. The molecule has 4 aromatic rings. The van der Waals surface area contributed by atoms with Crippen molar-refractivity contribution in [3.8, 4) is 0 Å². The van der Waals surface area contributed by atoms with Crippen LogP contribution in [0.25, 0.3) is 11.0 Å². The van der Waals surface area contributed by atoms with E-state index in [-0.39, 0.29) is 11.3 Å². The molecule has 1 aromatic heterocycles. The number of rotatable bonds is 5. The van der Waals surface area contributed by atoms with E-state index in [0.717, 1.165) is 5.56 Å². The molecule has 0 aliphatic carbocycles. The van der Waals surface area contributed by atoms with Crippen LogP contribution in [-0.4, -0.2) is 5.91 Å². The lowest BCUT2D eigenvalue weighted by molar-refractivity contribution is 0.102. The Morgan fingerprint density at radius 1 is 0.862 bits per heavy atom. The van der Waals surface area contributed by atoms with Gasteiger partial charge in [-0.05, 0) is 42.0 Å². The van der Waals surface area contributed by atoms with Gasteiger partial charge in [0.15, 0.2) is 5.69 Å². The molecule has 6 heteroatoms. The lowest BCUT2D eigenvalue weighted by Gasteiger charge is -2.14. The number of hydrogen-bond acceptors (Lipinski definition) is 4. The van der Waals surface area contributed by atoms with E-state index in [2.05, 4.69) is 10.6 Å². The summed E-state index contributed by atoms with van der Waals surface area (Å²) < 4.78 is 18.5. The van der Waals surface area contributed by atoms with Crippen molar-refractivity contribution in [2.24, 2.45) is 0 Å². The van der Waals surface area contributed by atoms with Crippen molar-refractivity contribution in [1.29, 1.82) is 0 Å². The first-order valence-electron chi connectivity index (χ1n) is 9.02. The van der Waals surface area contributed by atoms with Crippen LogP contribution in [0.5, 0.6) is 0 Å². The van der Waals surface area contributed by atoms with Gasteiger partial charge in [-0.2, -0.15) is 0 Å². The van der Waals surface area contributed by atoms with E-state index in [4.69, 9.17) is 4.42 Å². The zero-order valence-electron chi connectivity index (χ0n) is 15.3. The Bertz CT molecular complexity index is 1220. The number of hydrogen-bond donors (Lipinski definition) is 2. The van der Waals surface area contributed by atoms with Crippen molar-refractivity contribution < 1.29 is 13.6 Å². The van der Waals surface area contributed by atoms with E-state index in [0.29, 0.717) is 23.2 Å². The standard InChI is InChI=1S/C23H17FN2O3/c24-17-12-10-16(11-13-17)22(27)26-21-20(25-14-15-6-2-1-3-7-15)18-8-4-5-9-19(18)29-23(21)28/h1-13,25H,14H2,(H,26,27). The summed E-state index contributed by atoms with van der Waals surface area (Å²) >= 11 is 0. The van der Waals surface area contributed by atoms with Crippen LogP contribution in [0.2, 0.25) is 0 Å². The second-order valence-electron chi connectivity index (χ2n) is 6.44. The molecule has 0 spiro atoms. The molecular weight excluding hydrogens is 371 g/mol. The van der Waals surface area contributed by atoms with Crippen LogP contribution < -0.4 is 16.3 Å². The minimum atomic E-state index is -0.672.